The van der Waals surface area contributed by atoms with Crippen LogP contribution in [0.25, 0.3) is 32.9 Å². The molecule has 2 aromatic carbocycles. The molecule has 2 N–H and O–H groups in total. The normalized spacial score (nSPS) is 27.2. The molecule has 46 heavy (non-hydrogen) atoms. The van der Waals surface area contributed by atoms with Crippen LogP contribution in [0.15, 0.2) is 30.5 Å². The number of rotatable bonds is 7. The van der Waals surface area contributed by atoms with Crippen molar-refractivity contribution >= 4 is 27.5 Å². The molecule has 5 fully saturated rings. The van der Waals surface area contributed by atoms with Gasteiger partial charge in [-0.05, 0) is 49.4 Å². The summed E-state index contributed by atoms with van der Waals surface area (Å²) in [6, 6.07) is 5.62. The fraction of sp³-hybridized carbons (Fsp3) is 0.441. The Labute approximate surface area is 263 Å². The second-order valence-electron chi connectivity index (χ2n) is 13.2. The average molecular weight is 631 g/mol. The van der Waals surface area contributed by atoms with Crippen LogP contribution >= 0.6 is 0 Å². The van der Waals surface area contributed by atoms with Crippen LogP contribution in [0.2, 0.25) is 0 Å². The Morgan fingerprint density at radius 2 is 2.02 bits per heavy atom. The first-order valence-corrected chi connectivity index (χ1v) is 15.5. The van der Waals surface area contributed by atoms with Gasteiger partial charge < -0.3 is 24.8 Å². The monoisotopic (exact) mass is 630 g/mol. The first-order valence-electron chi connectivity index (χ1n) is 15.5. The van der Waals surface area contributed by atoms with Gasteiger partial charge in [0.25, 0.3) is 0 Å². The Kier molecular flexibility index (Phi) is 6.79. The van der Waals surface area contributed by atoms with Gasteiger partial charge in [0, 0.05) is 56.4 Å². The van der Waals surface area contributed by atoms with Crippen molar-refractivity contribution in [2.75, 3.05) is 51.4 Å². The molecule has 9 rings (SSSR count). The predicted molar refractivity (Wildman–Crippen MR) is 167 cm³/mol. The molecule has 2 aromatic heterocycles. The maximum absolute atomic E-state index is 16.8. The number of aromatic hydroxyl groups is 1. The number of fused-ring (bicyclic) bond motifs is 5. The van der Waals surface area contributed by atoms with Crippen LogP contribution in [0, 0.1) is 24.0 Å². The van der Waals surface area contributed by atoms with Crippen molar-refractivity contribution in [3.05, 3.63) is 47.7 Å². The van der Waals surface area contributed by atoms with E-state index in [9.17, 15) is 13.9 Å². The molecular weight excluding hydrogens is 597 g/mol. The van der Waals surface area contributed by atoms with Crippen molar-refractivity contribution in [2.24, 2.45) is 0 Å². The van der Waals surface area contributed by atoms with Crippen LogP contribution in [-0.4, -0.2) is 94.8 Å². The number of phenols is 1. The quantitative estimate of drug-likeness (QED) is 0.290. The van der Waals surface area contributed by atoms with E-state index < -0.39 is 23.3 Å². The lowest BCUT2D eigenvalue weighted by molar-refractivity contribution is 0.0217. The highest BCUT2D eigenvalue weighted by Crippen LogP contribution is 2.43. The molecule has 0 saturated carbocycles. The van der Waals surface area contributed by atoms with E-state index in [-0.39, 0.29) is 57.7 Å². The number of phenolic OH excluding ortho intramolecular Hbond substituents is 1. The second-order valence-corrected chi connectivity index (χ2v) is 13.2. The van der Waals surface area contributed by atoms with Gasteiger partial charge >= 0.3 is 6.01 Å². The molecule has 2 bridgehead atoms. The third kappa shape index (κ3) is 4.55. The van der Waals surface area contributed by atoms with Gasteiger partial charge in [-0.25, -0.2) is 13.2 Å². The van der Waals surface area contributed by atoms with Gasteiger partial charge in [0.15, 0.2) is 5.82 Å². The number of ether oxygens (including phenoxy) is 2. The number of alkyl halides is 1. The molecule has 7 heterocycles. The van der Waals surface area contributed by atoms with Gasteiger partial charge in [0.2, 0.25) is 0 Å². The Balaban J connectivity index is 1.27. The van der Waals surface area contributed by atoms with Gasteiger partial charge in [-0.3, -0.25) is 9.88 Å². The van der Waals surface area contributed by atoms with E-state index in [1.54, 1.807) is 7.11 Å². The van der Waals surface area contributed by atoms with Crippen molar-refractivity contribution in [1.82, 2.24) is 25.2 Å². The highest BCUT2D eigenvalue weighted by Gasteiger charge is 2.51. The first-order chi connectivity index (χ1) is 22.2. The fourth-order valence-corrected chi connectivity index (χ4v) is 8.30. The van der Waals surface area contributed by atoms with Crippen LogP contribution in [0.4, 0.5) is 19.0 Å². The Morgan fingerprint density at radius 3 is 2.83 bits per heavy atom. The van der Waals surface area contributed by atoms with Gasteiger partial charge in [0.1, 0.15) is 41.4 Å². The van der Waals surface area contributed by atoms with Gasteiger partial charge in [0.05, 0.1) is 28.6 Å². The standard InChI is InChI=1S/C34H33F3N6O3/c1-3-23-26(36)6-5-19-9-22(44)10-24(27(19)23)29-28(37)30-25(13-38-29)31(42-15-21-12-33(16-42,41-21)17-45-2)40-32(39-30)46-18-34-7-4-8-43(34)14-20(35)11-34/h1,5-6,9-10,13,20-21,41,44H,4,7-8,11-12,14-18H2,2H3/t20-,21?,33+,34+/m1/s1. The van der Waals surface area contributed by atoms with E-state index in [2.05, 4.69) is 31.0 Å². The highest BCUT2D eigenvalue weighted by molar-refractivity contribution is 6.03. The van der Waals surface area contributed by atoms with Crippen LogP contribution in [0.1, 0.15) is 31.2 Å². The van der Waals surface area contributed by atoms with E-state index >= 15 is 4.39 Å². The maximum Gasteiger partial charge on any atom is 0.319 e. The third-order valence-electron chi connectivity index (χ3n) is 10.1. The minimum atomic E-state index is -0.928. The van der Waals surface area contributed by atoms with E-state index in [4.69, 9.17) is 20.9 Å². The lowest BCUT2D eigenvalue weighted by Crippen LogP contribution is -2.77. The van der Waals surface area contributed by atoms with Crippen molar-refractivity contribution < 1.29 is 27.8 Å². The van der Waals surface area contributed by atoms with Gasteiger partial charge in [-0.15, -0.1) is 6.42 Å². The van der Waals surface area contributed by atoms with Crippen LogP contribution in [0.5, 0.6) is 11.8 Å². The lowest BCUT2D eigenvalue weighted by atomic mass is 9.77. The van der Waals surface area contributed by atoms with Crippen molar-refractivity contribution in [3.8, 4) is 35.4 Å². The summed E-state index contributed by atoms with van der Waals surface area (Å²) >= 11 is 0. The number of terminal acetylenes is 1. The fourth-order valence-electron chi connectivity index (χ4n) is 8.30. The zero-order valence-electron chi connectivity index (χ0n) is 25.3. The number of piperidine rings is 1. The van der Waals surface area contributed by atoms with Crippen molar-refractivity contribution in [3.63, 3.8) is 0 Å². The number of hydrogen-bond acceptors (Lipinski definition) is 9. The first kappa shape index (κ1) is 29.2. The number of nitrogens with zero attached hydrogens (tertiary/aromatic N) is 5. The number of benzene rings is 2. The molecule has 5 aliphatic heterocycles. The van der Waals surface area contributed by atoms with E-state index in [0.717, 1.165) is 25.8 Å². The van der Waals surface area contributed by atoms with Crippen molar-refractivity contribution in [1.29, 1.82) is 0 Å². The lowest BCUT2D eigenvalue weighted by Gasteiger charge is -2.57. The summed E-state index contributed by atoms with van der Waals surface area (Å²) in [6.45, 7) is 3.05. The van der Waals surface area contributed by atoms with Crippen LogP contribution < -0.4 is 15.0 Å². The predicted octanol–water partition coefficient (Wildman–Crippen LogP) is 4.33. The number of halogens is 3. The van der Waals surface area contributed by atoms with Crippen molar-refractivity contribution in [2.45, 2.75) is 49.0 Å². The summed E-state index contributed by atoms with van der Waals surface area (Å²) in [5.74, 6) is 1.25. The molecule has 0 amide bonds. The SMILES string of the molecule is C#Cc1c(F)ccc2cc(O)cc(-c3ncc4c(N5CC6C[C@@](COC)(C5)N6)nc(OC[C@@]56CCCN5C[C@H](F)C6)nc4c3F)c12. The highest BCUT2D eigenvalue weighted by atomic mass is 19.1. The van der Waals surface area contributed by atoms with Crippen LogP contribution in [0.3, 0.4) is 0 Å². The van der Waals surface area contributed by atoms with E-state index in [1.807, 2.05) is 0 Å². The average Bonchev–Trinajstić information content (AvgIpc) is 3.55. The van der Waals surface area contributed by atoms with E-state index in [1.165, 1.54) is 30.5 Å². The molecule has 1 unspecified atom stereocenters. The number of anilines is 1. The minimum Gasteiger partial charge on any atom is -0.508 e. The smallest absolute Gasteiger partial charge is 0.319 e. The third-order valence-corrected chi connectivity index (χ3v) is 10.1. The van der Waals surface area contributed by atoms with Gasteiger partial charge in [-0.2, -0.15) is 9.97 Å². The largest absolute Gasteiger partial charge is 0.508 e. The summed E-state index contributed by atoms with van der Waals surface area (Å²) in [5, 5.41) is 15.2. The summed E-state index contributed by atoms with van der Waals surface area (Å²) in [4.78, 5) is 18.0. The molecule has 238 valence electrons. The number of methoxy groups -OCH3 is 1. The molecule has 0 radical (unpaired) electrons. The Hall–Kier alpha value is -4.18. The zero-order valence-corrected chi connectivity index (χ0v) is 25.3. The molecule has 4 atom stereocenters. The molecule has 0 spiro atoms. The van der Waals surface area contributed by atoms with E-state index in [0.29, 0.717) is 49.3 Å². The number of piperazine rings is 1. The summed E-state index contributed by atoms with van der Waals surface area (Å²) in [5.41, 5.74) is -0.832. The van der Waals surface area contributed by atoms with Crippen LogP contribution in [-0.2, 0) is 4.74 Å². The number of pyridine rings is 1. The molecule has 9 nitrogen and oxygen atoms in total. The Morgan fingerprint density at radius 1 is 1.17 bits per heavy atom. The summed E-state index contributed by atoms with van der Waals surface area (Å²) < 4.78 is 57.9. The Bertz CT molecular complexity index is 1920. The molecule has 4 aromatic rings. The molecule has 5 aliphatic rings. The molecule has 0 aliphatic carbocycles. The minimum absolute atomic E-state index is 0.0220. The number of hydrogen-bond donors (Lipinski definition) is 2. The molecule has 12 heteroatoms. The summed E-state index contributed by atoms with van der Waals surface area (Å²) in [7, 11) is 1.66. The van der Waals surface area contributed by atoms with Gasteiger partial charge in [-0.1, -0.05) is 12.0 Å². The second kappa shape index (κ2) is 10.7. The number of aromatic nitrogens is 3. The topological polar surface area (TPSA) is 95.9 Å². The molecular formula is C34H33F3N6O3. The maximum atomic E-state index is 16.8. The molecule has 5 saturated heterocycles. The number of nitrogens with one attached hydrogen (secondary N) is 1. The zero-order chi connectivity index (χ0) is 31.8. The summed E-state index contributed by atoms with van der Waals surface area (Å²) in [6.07, 6.45) is 9.31.